The molecule has 0 saturated carbocycles. The van der Waals surface area contributed by atoms with E-state index in [9.17, 15) is 4.79 Å². The fraction of sp³-hybridized carbons (Fsp3) is 0.643. The molecule has 110 valence electrons. The van der Waals surface area contributed by atoms with Gasteiger partial charge >= 0.3 is 0 Å². The molecule has 0 atom stereocenters. The van der Waals surface area contributed by atoms with Crippen molar-refractivity contribution in [1.29, 1.82) is 0 Å². The number of carbonyl (C=O) groups excluding carboxylic acids is 1. The number of piperidine rings is 1. The maximum atomic E-state index is 10.9. The number of anilines is 1. The molecule has 2 N–H and O–H groups in total. The largest absolute Gasteiger partial charge is 0.369 e. The summed E-state index contributed by atoms with van der Waals surface area (Å²) in [6, 6.07) is 2.07. The molecule has 20 heavy (non-hydrogen) atoms. The van der Waals surface area contributed by atoms with Crippen molar-refractivity contribution in [3.05, 3.63) is 17.6 Å². The lowest BCUT2D eigenvalue weighted by molar-refractivity contribution is -0.119. The van der Waals surface area contributed by atoms with Gasteiger partial charge in [-0.3, -0.25) is 9.69 Å². The molecule has 0 spiro atoms. The van der Waals surface area contributed by atoms with Gasteiger partial charge in [0.1, 0.15) is 11.6 Å². The average Bonchev–Trinajstić information content (AvgIpc) is 2.38. The van der Waals surface area contributed by atoms with E-state index in [1.165, 1.54) is 0 Å². The Balaban J connectivity index is 2.05. The van der Waals surface area contributed by atoms with Crippen molar-refractivity contribution in [3.63, 3.8) is 0 Å². The zero-order valence-electron chi connectivity index (χ0n) is 12.5. The molecule has 0 unspecified atom stereocenters. The molecule has 1 aliphatic heterocycles. The molecule has 1 saturated heterocycles. The van der Waals surface area contributed by atoms with Crippen LogP contribution in [0, 0.1) is 6.92 Å². The van der Waals surface area contributed by atoms with E-state index in [4.69, 9.17) is 5.73 Å². The van der Waals surface area contributed by atoms with Crippen LogP contribution in [0.25, 0.3) is 0 Å². The Morgan fingerprint density at radius 2 is 2.05 bits per heavy atom. The molecule has 1 fully saturated rings. The number of hydrogen-bond donors (Lipinski definition) is 1. The lowest BCUT2D eigenvalue weighted by atomic mass is 9.93. The molecule has 6 nitrogen and oxygen atoms in total. The zero-order chi connectivity index (χ0) is 14.7. The Morgan fingerprint density at radius 3 is 2.60 bits per heavy atom. The van der Waals surface area contributed by atoms with Gasteiger partial charge in [0, 0.05) is 31.8 Å². The van der Waals surface area contributed by atoms with E-state index in [1.807, 2.05) is 25.9 Å². The van der Waals surface area contributed by atoms with Crippen molar-refractivity contribution >= 4 is 11.7 Å². The third-order valence-corrected chi connectivity index (χ3v) is 3.69. The molecule has 1 aromatic rings. The van der Waals surface area contributed by atoms with E-state index in [0.29, 0.717) is 12.5 Å². The molecule has 0 bridgehead atoms. The van der Waals surface area contributed by atoms with Crippen molar-refractivity contribution in [3.8, 4) is 0 Å². The van der Waals surface area contributed by atoms with E-state index in [1.54, 1.807) is 0 Å². The summed E-state index contributed by atoms with van der Waals surface area (Å²) >= 11 is 0. The van der Waals surface area contributed by atoms with Crippen LogP contribution in [0.5, 0.6) is 0 Å². The van der Waals surface area contributed by atoms with Gasteiger partial charge in [0.15, 0.2) is 0 Å². The second kappa shape index (κ2) is 6.17. The van der Waals surface area contributed by atoms with Crippen molar-refractivity contribution in [2.75, 3.05) is 38.6 Å². The average molecular weight is 277 g/mol. The Kier molecular flexibility index (Phi) is 4.54. The number of likely N-dealkylation sites (tertiary alicyclic amines) is 1. The van der Waals surface area contributed by atoms with Crippen LogP contribution in [0.4, 0.5) is 5.82 Å². The molecule has 2 heterocycles. The SMILES string of the molecule is Cc1nc(C2CCN(CC(N)=O)CC2)cc(N(C)C)n1. The number of nitrogens with zero attached hydrogens (tertiary/aromatic N) is 4. The fourth-order valence-corrected chi connectivity index (χ4v) is 2.62. The summed E-state index contributed by atoms with van der Waals surface area (Å²) in [6.07, 6.45) is 2.02. The van der Waals surface area contributed by atoms with Crippen LogP contribution in [0.2, 0.25) is 0 Å². The summed E-state index contributed by atoms with van der Waals surface area (Å²) in [4.78, 5) is 24.1. The predicted molar refractivity (Wildman–Crippen MR) is 78.7 cm³/mol. The molecular formula is C14H23N5O. The van der Waals surface area contributed by atoms with Gasteiger partial charge in [0.2, 0.25) is 5.91 Å². The maximum absolute atomic E-state index is 10.9. The van der Waals surface area contributed by atoms with Crippen molar-refractivity contribution in [1.82, 2.24) is 14.9 Å². The standard InChI is InChI=1S/C14H23N5O/c1-10-16-12(8-14(17-10)18(2)3)11-4-6-19(7-5-11)9-13(15)20/h8,11H,4-7,9H2,1-3H3,(H2,15,20). The Labute approximate surface area is 120 Å². The molecule has 0 aromatic carbocycles. The lowest BCUT2D eigenvalue weighted by Crippen LogP contribution is -2.39. The third-order valence-electron chi connectivity index (χ3n) is 3.69. The van der Waals surface area contributed by atoms with Gasteiger partial charge in [-0.05, 0) is 32.9 Å². The fourth-order valence-electron chi connectivity index (χ4n) is 2.62. The highest BCUT2D eigenvalue weighted by Crippen LogP contribution is 2.28. The normalized spacial score (nSPS) is 17.1. The second-order valence-electron chi connectivity index (χ2n) is 5.61. The minimum Gasteiger partial charge on any atom is -0.369 e. The monoisotopic (exact) mass is 277 g/mol. The minimum atomic E-state index is -0.253. The van der Waals surface area contributed by atoms with Crippen LogP contribution in [0.3, 0.4) is 0 Å². The van der Waals surface area contributed by atoms with Crippen molar-refractivity contribution in [2.24, 2.45) is 5.73 Å². The topological polar surface area (TPSA) is 75.4 Å². The second-order valence-corrected chi connectivity index (χ2v) is 5.61. The number of amides is 1. The Morgan fingerprint density at radius 1 is 1.40 bits per heavy atom. The molecule has 1 aliphatic rings. The Bertz CT molecular complexity index is 480. The van der Waals surface area contributed by atoms with Gasteiger partial charge in [-0.2, -0.15) is 0 Å². The summed E-state index contributed by atoms with van der Waals surface area (Å²) < 4.78 is 0. The lowest BCUT2D eigenvalue weighted by Gasteiger charge is -2.31. The molecule has 1 aromatic heterocycles. The highest BCUT2D eigenvalue weighted by Gasteiger charge is 2.23. The van der Waals surface area contributed by atoms with Gasteiger partial charge in [-0.25, -0.2) is 9.97 Å². The molecule has 1 amide bonds. The summed E-state index contributed by atoms with van der Waals surface area (Å²) in [5, 5.41) is 0. The number of hydrogen-bond acceptors (Lipinski definition) is 5. The highest BCUT2D eigenvalue weighted by atomic mass is 16.1. The van der Waals surface area contributed by atoms with Crippen molar-refractivity contribution in [2.45, 2.75) is 25.7 Å². The zero-order valence-corrected chi connectivity index (χ0v) is 12.5. The van der Waals surface area contributed by atoms with Crippen LogP contribution in [-0.2, 0) is 4.79 Å². The highest BCUT2D eigenvalue weighted by molar-refractivity contribution is 5.75. The molecule has 6 heteroatoms. The molecule has 0 radical (unpaired) electrons. The first-order valence-corrected chi connectivity index (χ1v) is 6.99. The van der Waals surface area contributed by atoms with Gasteiger partial charge in [-0.15, -0.1) is 0 Å². The number of rotatable bonds is 4. The van der Waals surface area contributed by atoms with Gasteiger partial charge in [0.25, 0.3) is 0 Å². The van der Waals surface area contributed by atoms with Crippen molar-refractivity contribution < 1.29 is 4.79 Å². The Hall–Kier alpha value is -1.69. The molecular weight excluding hydrogens is 254 g/mol. The third kappa shape index (κ3) is 3.66. The minimum absolute atomic E-state index is 0.253. The number of carbonyl (C=O) groups is 1. The van der Waals surface area contributed by atoms with Crippen LogP contribution >= 0.6 is 0 Å². The van der Waals surface area contributed by atoms with E-state index < -0.39 is 0 Å². The van der Waals surface area contributed by atoms with Crippen LogP contribution in [-0.4, -0.2) is 54.5 Å². The summed E-state index contributed by atoms with van der Waals surface area (Å²) in [6.45, 7) is 4.08. The number of primary amides is 1. The van der Waals surface area contributed by atoms with E-state index >= 15 is 0 Å². The van der Waals surface area contributed by atoms with E-state index in [2.05, 4.69) is 20.9 Å². The van der Waals surface area contributed by atoms with Crippen LogP contribution in [0.15, 0.2) is 6.07 Å². The number of aromatic nitrogens is 2. The van der Waals surface area contributed by atoms with Gasteiger partial charge in [0.05, 0.1) is 6.54 Å². The van der Waals surface area contributed by atoms with E-state index in [-0.39, 0.29) is 5.91 Å². The first-order chi connectivity index (χ1) is 9.45. The van der Waals surface area contributed by atoms with Gasteiger partial charge < -0.3 is 10.6 Å². The van der Waals surface area contributed by atoms with Gasteiger partial charge in [-0.1, -0.05) is 0 Å². The summed E-state index contributed by atoms with van der Waals surface area (Å²) in [5.74, 6) is 1.95. The summed E-state index contributed by atoms with van der Waals surface area (Å²) in [5.41, 5.74) is 6.35. The molecule has 0 aliphatic carbocycles. The number of nitrogens with two attached hydrogens (primary N) is 1. The molecule has 2 rings (SSSR count). The predicted octanol–water partition coefficient (Wildman–Crippen LogP) is 0.516. The quantitative estimate of drug-likeness (QED) is 0.868. The summed E-state index contributed by atoms with van der Waals surface area (Å²) in [7, 11) is 3.97. The van der Waals surface area contributed by atoms with Crippen LogP contribution < -0.4 is 10.6 Å². The smallest absolute Gasteiger partial charge is 0.231 e. The number of aryl methyl sites for hydroxylation is 1. The maximum Gasteiger partial charge on any atom is 0.231 e. The van der Waals surface area contributed by atoms with E-state index in [0.717, 1.165) is 43.3 Å². The first-order valence-electron chi connectivity index (χ1n) is 6.99. The van der Waals surface area contributed by atoms with Crippen LogP contribution in [0.1, 0.15) is 30.3 Å². The first kappa shape index (κ1) is 14.7.